The van der Waals surface area contributed by atoms with Crippen LogP contribution in [0.25, 0.3) is 0 Å². The number of nitrogens with one attached hydrogen (secondary N) is 1. The lowest BCUT2D eigenvalue weighted by atomic mass is 10.0. The van der Waals surface area contributed by atoms with E-state index in [-0.39, 0.29) is 18.9 Å². The smallest absolute Gasteiger partial charge is 0.227 e. The van der Waals surface area contributed by atoms with Gasteiger partial charge in [-0.1, -0.05) is 0 Å². The summed E-state index contributed by atoms with van der Waals surface area (Å²) in [6.45, 7) is 3.71. The Morgan fingerprint density at radius 1 is 1.37 bits per heavy atom. The van der Waals surface area contributed by atoms with E-state index in [1.54, 1.807) is 31.4 Å². The molecule has 0 aromatic heterocycles. The van der Waals surface area contributed by atoms with Gasteiger partial charge in [0.25, 0.3) is 0 Å². The van der Waals surface area contributed by atoms with Crippen molar-refractivity contribution in [2.45, 2.75) is 25.9 Å². The van der Waals surface area contributed by atoms with Gasteiger partial charge in [0.2, 0.25) is 5.91 Å². The number of rotatable bonds is 6. The molecule has 1 aromatic carbocycles. The molecule has 1 amide bonds. The largest absolute Gasteiger partial charge is 0.479 e. The zero-order chi connectivity index (χ0) is 14.3. The Kier molecular flexibility index (Phi) is 5.34. The highest BCUT2D eigenvalue weighted by Crippen LogP contribution is 2.18. The van der Waals surface area contributed by atoms with E-state index in [2.05, 4.69) is 5.32 Å². The predicted molar refractivity (Wildman–Crippen MR) is 71.9 cm³/mol. The number of anilines is 1. The Bertz CT molecular complexity index is 461. The molecule has 0 fully saturated rings. The Morgan fingerprint density at radius 2 is 2.00 bits per heavy atom. The van der Waals surface area contributed by atoms with Crippen molar-refractivity contribution < 1.29 is 14.3 Å². The second-order valence-electron chi connectivity index (χ2n) is 4.66. The molecule has 0 aliphatic heterocycles. The third-order valence-corrected chi connectivity index (χ3v) is 2.58. The lowest BCUT2D eigenvalue weighted by Gasteiger charge is -2.21. The van der Waals surface area contributed by atoms with E-state index in [4.69, 9.17) is 14.7 Å². The summed E-state index contributed by atoms with van der Waals surface area (Å²) in [5.74, 6) is 0.481. The maximum absolute atomic E-state index is 11.8. The summed E-state index contributed by atoms with van der Waals surface area (Å²) >= 11 is 0. The first kappa shape index (κ1) is 15.0. The number of methoxy groups -OCH3 is 1. The van der Waals surface area contributed by atoms with Crippen LogP contribution in [0, 0.1) is 11.3 Å². The molecule has 0 heterocycles. The van der Waals surface area contributed by atoms with Crippen molar-refractivity contribution in [2.75, 3.05) is 19.0 Å². The molecule has 0 unspecified atom stereocenters. The van der Waals surface area contributed by atoms with Crippen LogP contribution in [0.15, 0.2) is 24.3 Å². The van der Waals surface area contributed by atoms with Crippen molar-refractivity contribution in [3.05, 3.63) is 24.3 Å². The molecular formula is C14H18N2O3. The van der Waals surface area contributed by atoms with Crippen molar-refractivity contribution >= 4 is 11.6 Å². The minimum Gasteiger partial charge on any atom is -0.479 e. The van der Waals surface area contributed by atoms with E-state index in [1.807, 2.05) is 19.9 Å². The van der Waals surface area contributed by atoms with E-state index >= 15 is 0 Å². The van der Waals surface area contributed by atoms with Gasteiger partial charge in [-0.15, -0.1) is 0 Å². The van der Waals surface area contributed by atoms with Crippen LogP contribution in [0.5, 0.6) is 5.75 Å². The Morgan fingerprint density at radius 3 is 2.53 bits per heavy atom. The number of ether oxygens (including phenoxy) is 2. The second-order valence-corrected chi connectivity index (χ2v) is 4.66. The normalized spacial score (nSPS) is 10.6. The predicted octanol–water partition coefficient (Wildman–Crippen LogP) is 2.34. The van der Waals surface area contributed by atoms with Crippen LogP contribution in [-0.2, 0) is 9.53 Å². The summed E-state index contributed by atoms with van der Waals surface area (Å²) < 4.78 is 10.3. The van der Waals surface area contributed by atoms with Gasteiger partial charge in [0.1, 0.15) is 11.8 Å². The van der Waals surface area contributed by atoms with E-state index in [0.717, 1.165) is 0 Å². The van der Waals surface area contributed by atoms with Crippen LogP contribution in [0.3, 0.4) is 0 Å². The Labute approximate surface area is 113 Å². The highest BCUT2D eigenvalue weighted by Gasteiger charge is 2.20. The first-order valence-corrected chi connectivity index (χ1v) is 5.91. The standard InChI is InChI=1S/C14H18N2O3/c1-14(2,18-3)10-13(17)16-11-4-6-12(7-5-11)19-9-8-15/h4-7H,9-10H2,1-3H3,(H,16,17). The summed E-state index contributed by atoms with van der Waals surface area (Å²) in [4.78, 5) is 11.8. The number of carbonyl (C=O) groups is 1. The Hall–Kier alpha value is -2.06. The molecular weight excluding hydrogens is 244 g/mol. The molecule has 19 heavy (non-hydrogen) atoms. The summed E-state index contributed by atoms with van der Waals surface area (Å²) in [6, 6.07) is 8.75. The zero-order valence-corrected chi connectivity index (χ0v) is 11.4. The average Bonchev–Trinajstić information content (AvgIpc) is 2.37. The average molecular weight is 262 g/mol. The number of hydrogen-bond acceptors (Lipinski definition) is 4. The third-order valence-electron chi connectivity index (χ3n) is 2.58. The van der Waals surface area contributed by atoms with Gasteiger partial charge in [-0.25, -0.2) is 0 Å². The number of carbonyl (C=O) groups excluding carboxylic acids is 1. The number of nitrogens with zero attached hydrogens (tertiary/aromatic N) is 1. The molecule has 0 atom stereocenters. The van der Waals surface area contributed by atoms with Crippen LogP contribution < -0.4 is 10.1 Å². The van der Waals surface area contributed by atoms with Gasteiger partial charge in [-0.3, -0.25) is 4.79 Å². The van der Waals surface area contributed by atoms with E-state index in [1.165, 1.54) is 0 Å². The van der Waals surface area contributed by atoms with Gasteiger partial charge in [0.05, 0.1) is 12.0 Å². The summed E-state index contributed by atoms with van der Waals surface area (Å²) in [7, 11) is 1.58. The minimum atomic E-state index is -0.486. The van der Waals surface area contributed by atoms with Crippen molar-refractivity contribution in [2.24, 2.45) is 0 Å². The number of amides is 1. The molecule has 0 spiro atoms. The van der Waals surface area contributed by atoms with Crippen molar-refractivity contribution in [1.82, 2.24) is 0 Å². The first-order valence-electron chi connectivity index (χ1n) is 5.91. The van der Waals surface area contributed by atoms with Crippen molar-refractivity contribution in [3.8, 4) is 11.8 Å². The topological polar surface area (TPSA) is 71.3 Å². The monoisotopic (exact) mass is 262 g/mol. The van der Waals surface area contributed by atoms with Crippen LogP contribution in [0.1, 0.15) is 20.3 Å². The molecule has 102 valence electrons. The summed E-state index contributed by atoms with van der Waals surface area (Å²) in [5.41, 5.74) is 0.195. The van der Waals surface area contributed by atoms with Gasteiger partial charge < -0.3 is 14.8 Å². The molecule has 0 saturated heterocycles. The molecule has 1 rings (SSSR count). The zero-order valence-electron chi connectivity index (χ0n) is 11.4. The molecule has 5 nitrogen and oxygen atoms in total. The summed E-state index contributed by atoms with van der Waals surface area (Å²) in [6.07, 6.45) is 0.274. The lowest BCUT2D eigenvalue weighted by Crippen LogP contribution is -2.29. The van der Waals surface area contributed by atoms with Gasteiger partial charge in [-0.2, -0.15) is 5.26 Å². The van der Waals surface area contributed by atoms with Gasteiger partial charge in [0.15, 0.2) is 6.61 Å². The fourth-order valence-corrected chi connectivity index (χ4v) is 1.41. The van der Waals surface area contributed by atoms with Gasteiger partial charge in [0, 0.05) is 12.8 Å². The van der Waals surface area contributed by atoms with Crippen molar-refractivity contribution in [1.29, 1.82) is 5.26 Å². The van der Waals surface area contributed by atoms with Crippen LogP contribution in [0.2, 0.25) is 0 Å². The van der Waals surface area contributed by atoms with Crippen LogP contribution in [-0.4, -0.2) is 25.2 Å². The van der Waals surface area contributed by atoms with Crippen LogP contribution >= 0.6 is 0 Å². The van der Waals surface area contributed by atoms with Crippen LogP contribution in [0.4, 0.5) is 5.69 Å². The lowest BCUT2D eigenvalue weighted by molar-refractivity contribution is -0.121. The van der Waals surface area contributed by atoms with Crippen molar-refractivity contribution in [3.63, 3.8) is 0 Å². The molecule has 1 aromatic rings. The minimum absolute atomic E-state index is 0.00767. The SMILES string of the molecule is COC(C)(C)CC(=O)Nc1ccc(OCC#N)cc1. The summed E-state index contributed by atoms with van der Waals surface area (Å²) in [5, 5.41) is 11.2. The molecule has 0 radical (unpaired) electrons. The number of hydrogen-bond donors (Lipinski definition) is 1. The molecule has 5 heteroatoms. The molecule has 0 bridgehead atoms. The number of benzene rings is 1. The van der Waals surface area contributed by atoms with Gasteiger partial charge >= 0.3 is 0 Å². The molecule has 0 aliphatic carbocycles. The molecule has 1 N–H and O–H groups in total. The maximum Gasteiger partial charge on any atom is 0.227 e. The fraction of sp³-hybridized carbons (Fsp3) is 0.429. The van der Waals surface area contributed by atoms with E-state index < -0.39 is 5.60 Å². The van der Waals surface area contributed by atoms with E-state index in [0.29, 0.717) is 11.4 Å². The Balaban J connectivity index is 2.54. The fourth-order valence-electron chi connectivity index (χ4n) is 1.41. The first-order chi connectivity index (χ1) is 8.96. The number of nitriles is 1. The van der Waals surface area contributed by atoms with E-state index in [9.17, 15) is 4.79 Å². The van der Waals surface area contributed by atoms with Gasteiger partial charge in [-0.05, 0) is 38.1 Å². The highest BCUT2D eigenvalue weighted by molar-refractivity contribution is 5.91. The molecule has 0 saturated carbocycles. The third kappa shape index (κ3) is 5.40. The molecule has 0 aliphatic rings. The maximum atomic E-state index is 11.8. The quantitative estimate of drug-likeness (QED) is 0.854. The second kappa shape index (κ2) is 6.76. The highest BCUT2D eigenvalue weighted by atomic mass is 16.5.